The van der Waals surface area contributed by atoms with Crippen LogP contribution in [0.3, 0.4) is 0 Å². The van der Waals surface area contributed by atoms with Crippen molar-refractivity contribution in [2.24, 2.45) is 17.3 Å². The van der Waals surface area contributed by atoms with Gasteiger partial charge in [-0.25, -0.2) is 8.78 Å². The van der Waals surface area contributed by atoms with E-state index in [0.717, 1.165) is 56.7 Å². The van der Waals surface area contributed by atoms with Crippen molar-refractivity contribution in [3.63, 3.8) is 0 Å². The molecule has 0 aromatic heterocycles. The van der Waals surface area contributed by atoms with Gasteiger partial charge in [0.15, 0.2) is 0 Å². The maximum absolute atomic E-state index is 13.7. The summed E-state index contributed by atoms with van der Waals surface area (Å²) in [5.41, 5.74) is 5.32. The first-order chi connectivity index (χ1) is 18.3. The van der Waals surface area contributed by atoms with Gasteiger partial charge in [-0.1, -0.05) is 42.3 Å². The standard InChI is InChI=1S/C32H38F2N2O2/c1-21-4-3-13-32(2)19-29-26(18-28(21)32)27(31(37)38-29)20-35-14-16-36(17-15-35)30(22-5-9-24(33)10-6-22)23-7-11-25(34)12-8-23/h5-12,26-27,29-30H,3-4,13-20H2,1-2H3/t26-,27+,29-,32-/m1/s1. The lowest BCUT2D eigenvalue weighted by molar-refractivity contribution is -0.145. The minimum atomic E-state index is -0.264. The van der Waals surface area contributed by atoms with Crippen LogP contribution in [0.15, 0.2) is 59.7 Å². The fourth-order valence-electron chi connectivity index (χ4n) is 7.71. The molecule has 0 N–H and O–H groups in total. The number of piperazine rings is 1. The predicted octanol–water partition coefficient (Wildman–Crippen LogP) is 6.13. The number of esters is 1. The van der Waals surface area contributed by atoms with Crippen molar-refractivity contribution in [3.8, 4) is 0 Å². The van der Waals surface area contributed by atoms with Crippen molar-refractivity contribution < 1.29 is 18.3 Å². The Balaban J connectivity index is 1.15. The first-order valence-corrected chi connectivity index (χ1v) is 14.2. The van der Waals surface area contributed by atoms with Gasteiger partial charge in [-0.3, -0.25) is 14.6 Å². The molecule has 0 amide bonds. The second kappa shape index (κ2) is 10.2. The summed E-state index contributed by atoms with van der Waals surface area (Å²) < 4.78 is 33.3. The normalized spacial score (nSPS) is 30.3. The van der Waals surface area contributed by atoms with Crippen LogP contribution in [-0.4, -0.2) is 54.6 Å². The molecule has 0 spiro atoms. The van der Waals surface area contributed by atoms with Crippen molar-refractivity contribution in [3.05, 3.63) is 82.4 Å². The van der Waals surface area contributed by atoms with E-state index in [0.29, 0.717) is 0 Å². The minimum absolute atomic E-state index is 0.0153. The Morgan fingerprint density at radius 1 is 0.974 bits per heavy atom. The summed E-state index contributed by atoms with van der Waals surface area (Å²) in [4.78, 5) is 17.9. The van der Waals surface area contributed by atoms with Gasteiger partial charge in [-0.05, 0) is 79.8 Å². The molecule has 2 aromatic carbocycles. The highest BCUT2D eigenvalue weighted by Gasteiger charge is 2.53. The molecular weight excluding hydrogens is 482 g/mol. The zero-order valence-corrected chi connectivity index (χ0v) is 22.5. The summed E-state index contributed by atoms with van der Waals surface area (Å²) >= 11 is 0. The van der Waals surface area contributed by atoms with E-state index in [2.05, 4.69) is 23.6 Å². The molecule has 2 aromatic rings. The van der Waals surface area contributed by atoms with Gasteiger partial charge in [0.05, 0.1) is 12.0 Å². The van der Waals surface area contributed by atoms with Crippen LogP contribution in [0.4, 0.5) is 8.78 Å². The van der Waals surface area contributed by atoms with Crippen molar-refractivity contribution >= 4 is 5.97 Å². The van der Waals surface area contributed by atoms with Gasteiger partial charge in [0.1, 0.15) is 17.7 Å². The molecule has 4 atom stereocenters. The second-order valence-corrected chi connectivity index (χ2v) is 12.2. The number of hydrogen-bond acceptors (Lipinski definition) is 4. The summed E-state index contributed by atoms with van der Waals surface area (Å²) in [6, 6.07) is 13.2. The van der Waals surface area contributed by atoms with Gasteiger partial charge in [0, 0.05) is 38.6 Å². The van der Waals surface area contributed by atoms with Crippen LogP contribution in [0.25, 0.3) is 0 Å². The lowest BCUT2D eigenvalue weighted by Gasteiger charge is -2.46. The molecule has 38 heavy (non-hydrogen) atoms. The van der Waals surface area contributed by atoms with E-state index in [1.165, 1.54) is 49.1 Å². The van der Waals surface area contributed by atoms with E-state index in [-0.39, 0.29) is 47.0 Å². The number of hydrogen-bond donors (Lipinski definition) is 0. The number of halogens is 2. The molecule has 6 heteroatoms. The molecule has 6 rings (SSSR count). The summed E-state index contributed by atoms with van der Waals surface area (Å²) in [5.74, 6) is -0.328. The molecule has 3 fully saturated rings. The van der Waals surface area contributed by atoms with E-state index in [4.69, 9.17) is 4.74 Å². The number of carbonyl (C=O) groups excluding carboxylic acids is 1. The maximum Gasteiger partial charge on any atom is 0.310 e. The second-order valence-electron chi connectivity index (χ2n) is 12.2. The zero-order chi connectivity index (χ0) is 26.4. The number of ether oxygens (including phenoxy) is 1. The topological polar surface area (TPSA) is 32.8 Å². The van der Waals surface area contributed by atoms with Gasteiger partial charge in [0.2, 0.25) is 0 Å². The van der Waals surface area contributed by atoms with Crippen LogP contribution < -0.4 is 0 Å². The number of fused-ring (bicyclic) bond motifs is 2. The van der Waals surface area contributed by atoms with E-state index in [9.17, 15) is 13.6 Å². The summed E-state index contributed by atoms with van der Waals surface area (Å²) in [6.07, 6.45) is 5.65. The fraction of sp³-hybridized carbons (Fsp3) is 0.531. The van der Waals surface area contributed by atoms with E-state index < -0.39 is 0 Å². The third-order valence-corrected chi connectivity index (χ3v) is 9.78. The Morgan fingerprint density at radius 2 is 1.58 bits per heavy atom. The lowest BCUT2D eigenvalue weighted by Crippen LogP contribution is -2.50. The third kappa shape index (κ3) is 4.82. The Hall–Kier alpha value is -2.57. The molecule has 2 heterocycles. The van der Waals surface area contributed by atoms with Crippen LogP contribution in [0.1, 0.15) is 63.1 Å². The number of carbonyl (C=O) groups is 1. The highest BCUT2D eigenvalue weighted by atomic mass is 19.1. The largest absolute Gasteiger partial charge is 0.462 e. The molecule has 2 aliphatic carbocycles. The van der Waals surface area contributed by atoms with E-state index in [1.54, 1.807) is 5.57 Å². The Labute approximate surface area is 224 Å². The van der Waals surface area contributed by atoms with Crippen molar-refractivity contribution in [1.29, 1.82) is 0 Å². The van der Waals surface area contributed by atoms with Crippen molar-refractivity contribution in [2.75, 3.05) is 32.7 Å². The first kappa shape index (κ1) is 25.7. The van der Waals surface area contributed by atoms with Crippen molar-refractivity contribution in [2.45, 2.75) is 58.1 Å². The lowest BCUT2D eigenvalue weighted by atomic mass is 9.59. The Bertz CT molecular complexity index is 1160. The number of rotatable bonds is 5. The summed E-state index contributed by atoms with van der Waals surface area (Å²) in [6.45, 7) is 8.74. The third-order valence-electron chi connectivity index (χ3n) is 9.78. The number of nitrogens with zero attached hydrogens (tertiary/aromatic N) is 2. The molecule has 4 aliphatic rings. The summed E-state index contributed by atoms with van der Waals surface area (Å²) in [7, 11) is 0. The average molecular weight is 521 g/mol. The minimum Gasteiger partial charge on any atom is -0.462 e. The molecule has 1 saturated carbocycles. The molecule has 202 valence electrons. The van der Waals surface area contributed by atoms with Gasteiger partial charge < -0.3 is 4.74 Å². The van der Waals surface area contributed by atoms with Crippen LogP contribution >= 0.6 is 0 Å². The smallest absolute Gasteiger partial charge is 0.310 e. The molecule has 4 nitrogen and oxygen atoms in total. The van der Waals surface area contributed by atoms with Crippen LogP contribution in [0, 0.1) is 28.9 Å². The molecule has 0 radical (unpaired) electrons. The monoisotopic (exact) mass is 520 g/mol. The average Bonchev–Trinajstić information content (AvgIpc) is 3.19. The van der Waals surface area contributed by atoms with Crippen LogP contribution in [0.5, 0.6) is 0 Å². The Morgan fingerprint density at radius 3 is 2.18 bits per heavy atom. The summed E-state index contributed by atoms with van der Waals surface area (Å²) in [5, 5.41) is 0. The quantitative estimate of drug-likeness (QED) is 0.351. The maximum atomic E-state index is 13.7. The molecular formula is C32H38F2N2O2. The van der Waals surface area contributed by atoms with Crippen LogP contribution in [-0.2, 0) is 9.53 Å². The number of benzene rings is 2. The van der Waals surface area contributed by atoms with E-state index in [1.807, 2.05) is 24.3 Å². The fourth-order valence-corrected chi connectivity index (χ4v) is 7.71. The van der Waals surface area contributed by atoms with Crippen LogP contribution in [0.2, 0.25) is 0 Å². The highest BCUT2D eigenvalue weighted by molar-refractivity contribution is 5.76. The van der Waals surface area contributed by atoms with Gasteiger partial charge in [0.25, 0.3) is 0 Å². The van der Waals surface area contributed by atoms with Crippen molar-refractivity contribution in [1.82, 2.24) is 9.80 Å². The molecule has 2 aliphatic heterocycles. The van der Waals surface area contributed by atoms with Gasteiger partial charge >= 0.3 is 5.97 Å². The highest BCUT2D eigenvalue weighted by Crippen LogP contribution is 2.55. The SMILES string of the molecule is CC1=C2C[C@@H]3[C@H](CN4CCN(C(c5ccc(F)cc5)c5ccc(F)cc5)CC4)C(=O)O[C@@H]3C[C@@]2(C)CCC1. The Kier molecular flexibility index (Phi) is 6.89. The molecule has 0 bridgehead atoms. The zero-order valence-electron chi connectivity index (χ0n) is 22.5. The van der Waals surface area contributed by atoms with Gasteiger partial charge in [-0.2, -0.15) is 0 Å². The van der Waals surface area contributed by atoms with Gasteiger partial charge in [-0.15, -0.1) is 0 Å². The number of allylic oxidation sites excluding steroid dienone is 2. The predicted molar refractivity (Wildman–Crippen MR) is 143 cm³/mol. The van der Waals surface area contributed by atoms with E-state index >= 15 is 0 Å². The molecule has 2 saturated heterocycles. The molecule has 0 unspecified atom stereocenters. The first-order valence-electron chi connectivity index (χ1n) is 14.2.